The van der Waals surface area contributed by atoms with Gasteiger partial charge in [0.25, 0.3) is 0 Å². The predicted octanol–water partition coefficient (Wildman–Crippen LogP) is 5.09. The lowest BCUT2D eigenvalue weighted by atomic mass is 10.0. The number of aliphatic hydroxyl groups excluding tert-OH is 1. The van der Waals surface area contributed by atoms with Crippen molar-refractivity contribution in [1.29, 1.82) is 0 Å². The molecule has 0 radical (unpaired) electrons. The predicted molar refractivity (Wildman–Crippen MR) is 89.5 cm³/mol. The van der Waals surface area contributed by atoms with Crippen LogP contribution in [0.15, 0.2) is 78.4 Å². The van der Waals surface area contributed by atoms with E-state index in [2.05, 4.69) is 4.65 Å². The zero-order chi connectivity index (χ0) is 16.2. The van der Waals surface area contributed by atoms with Crippen LogP contribution < -0.4 is 4.65 Å². The Morgan fingerprint density at radius 1 is 1.04 bits per heavy atom. The van der Waals surface area contributed by atoms with E-state index in [4.69, 9.17) is 0 Å². The molecule has 1 aliphatic carbocycles. The molecule has 0 aliphatic heterocycles. The van der Waals surface area contributed by atoms with E-state index < -0.39 is 7.47 Å². The average Bonchev–Trinajstić information content (AvgIpc) is 3.05. The van der Waals surface area contributed by atoms with Gasteiger partial charge in [0.2, 0.25) is 0 Å². The van der Waals surface area contributed by atoms with Crippen LogP contribution in [0.3, 0.4) is 0 Å². The first-order valence-corrected chi connectivity index (χ1v) is 7.08. The molecule has 0 atom stereocenters. The Bertz CT molecular complexity index is 837. The van der Waals surface area contributed by atoms with Crippen LogP contribution in [-0.2, 0) is 0 Å². The van der Waals surface area contributed by atoms with Gasteiger partial charge in [-0.15, -0.1) is 0 Å². The fourth-order valence-electron chi connectivity index (χ4n) is 2.47. The van der Waals surface area contributed by atoms with Crippen LogP contribution >= 0.6 is 0 Å². The molecule has 23 heavy (non-hydrogen) atoms. The zero-order valence-corrected chi connectivity index (χ0v) is 12.1. The summed E-state index contributed by atoms with van der Waals surface area (Å²) in [6.07, 6.45) is 10.7. The minimum absolute atomic E-state index is 0.0524. The highest BCUT2D eigenvalue weighted by Gasteiger charge is 2.22. The SMILES string of the molecule is OC(=CC=C1C=CC=C1)c1c(OB(F)F)ccc2ccccc12. The molecule has 2 aromatic rings. The minimum Gasteiger partial charge on any atom is -0.507 e. The van der Waals surface area contributed by atoms with Crippen molar-refractivity contribution < 1.29 is 18.4 Å². The van der Waals surface area contributed by atoms with Crippen molar-refractivity contribution in [2.24, 2.45) is 0 Å². The van der Waals surface area contributed by atoms with E-state index in [0.717, 1.165) is 11.0 Å². The molecule has 2 aromatic carbocycles. The smallest absolute Gasteiger partial charge is 0.507 e. The Hall–Kier alpha value is -2.82. The van der Waals surface area contributed by atoms with Crippen molar-refractivity contribution in [3.05, 3.63) is 84.0 Å². The van der Waals surface area contributed by atoms with E-state index in [0.29, 0.717) is 5.39 Å². The topological polar surface area (TPSA) is 29.5 Å². The number of halogens is 2. The molecule has 1 N–H and O–H groups in total. The van der Waals surface area contributed by atoms with Crippen LogP contribution in [0.1, 0.15) is 5.56 Å². The molecule has 2 nitrogen and oxygen atoms in total. The quantitative estimate of drug-likeness (QED) is 0.629. The zero-order valence-electron chi connectivity index (χ0n) is 12.1. The number of allylic oxidation sites excluding steroid dienone is 7. The summed E-state index contributed by atoms with van der Waals surface area (Å²) >= 11 is 0. The maximum Gasteiger partial charge on any atom is 0.796 e. The fraction of sp³-hybridized carbons (Fsp3) is 0. The maximum absolute atomic E-state index is 12.6. The van der Waals surface area contributed by atoms with Gasteiger partial charge in [0.15, 0.2) is 0 Å². The molecule has 1 aliphatic rings. The van der Waals surface area contributed by atoms with Gasteiger partial charge in [-0.2, -0.15) is 0 Å². The molecule has 0 aromatic heterocycles. The van der Waals surface area contributed by atoms with Crippen molar-refractivity contribution in [3.63, 3.8) is 0 Å². The molecule has 0 saturated carbocycles. The van der Waals surface area contributed by atoms with Gasteiger partial charge in [-0.3, -0.25) is 0 Å². The molecule has 114 valence electrons. The first-order chi connectivity index (χ1) is 11.1. The number of fused-ring (bicyclic) bond motifs is 1. The molecule has 0 amide bonds. The van der Waals surface area contributed by atoms with Crippen molar-refractivity contribution >= 4 is 24.0 Å². The fourth-order valence-corrected chi connectivity index (χ4v) is 2.47. The average molecular weight is 310 g/mol. The van der Waals surface area contributed by atoms with Gasteiger partial charge in [0, 0.05) is 0 Å². The molecule has 0 saturated heterocycles. The molecule has 0 bridgehead atoms. The van der Waals surface area contributed by atoms with E-state index in [1.807, 2.05) is 36.4 Å². The second-order valence-corrected chi connectivity index (χ2v) is 4.98. The van der Waals surface area contributed by atoms with Crippen molar-refractivity contribution in [2.45, 2.75) is 0 Å². The van der Waals surface area contributed by atoms with Gasteiger partial charge in [-0.05, 0) is 28.5 Å². The van der Waals surface area contributed by atoms with Crippen molar-refractivity contribution in [2.75, 3.05) is 0 Å². The second-order valence-electron chi connectivity index (χ2n) is 4.98. The lowest BCUT2D eigenvalue weighted by Crippen LogP contribution is -2.10. The summed E-state index contributed by atoms with van der Waals surface area (Å²) in [5, 5.41) is 11.9. The van der Waals surface area contributed by atoms with Crippen LogP contribution in [-0.4, -0.2) is 12.6 Å². The summed E-state index contributed by atoms with van der Waals surface area (Å²) in [6.45, 7) is 0. The summed E-state index contributed by atoms with van der Waals surface area (Å²) in [7, 11) is -2.96. The molecular formula is C18H13BF2O2. The standard InChI is InChI=1S/C18H13BF2O2/c20-19(21)23-17-12-10-14-7-3-4-8-15(14)18(17)16(22)11-9-13-5-1-2-6-13/h1-12,22H. The third-order valence-electron chi connectivity index (χ3n) is 3.49. The molecule has 3 rings (SSSR count). The largest absolute Gasteiger partial charge is 0.796 e. The third-order valence-corrected chi connectivity index (χ3v) is 3.49. The Morgan fingerprint density at radius 3 is 2.52 bits per heavy atom. The summed E-state index contributed by atoms with van der Waals surface area (Å²) < 4.78 is 29.8. The molecule has 5 heteroatoms. The number of hydrogen-bond donors (Lipinski definition) is 1. The van der Waals surface area contributed by atoms with Gasteiger partial charge in [0.1, 0.15) is 11.5 Å². The van der Waals surface area contributed by atoms with Gasteiger partial charge in [-0.1, -0.05) is 60.7 Å². The van der Waals surface area contributed by atoms with Crippen LogP contribution in [0.25, 0.3) is 16.5 Å². The summed E-state index contributed by atoms with van der Waals surface area (Å²) in [5.41, 5.74) is 1.17. The van der Waals surface area contributed by atoms with Gasteiger partial charge < -0.3 is 9.76 Å². The summed E-state index contributed by atoms with van der Waals surface area (Å²) in [6, 6.07) is 10.4. The highest BCUT2D eigenvalue weighted by molar-refractivity contribution is 6.35. The first kappa shape index (κ1) is 15.1. The minimum atomic E-state index is -2.96. The molecule has 0 spiro atoms. The lowest BCUT2D eigenvalue weighted by molar-refractivity contribution is 0.422. The normalized spacial score (nSPS) is 13.7. The van der Waals surface area contributed by atoms with Crippen LogP contribution in [0.2, 0.25) is 0 Å². The van der Waals surface area contributed by atoms with E-state index in [9.17, 15) is 13.7 Å². The van der Waals surface area contributed by atoms with E-state index in [1.165, 1.54) is 12.1 Å². The Labute approximate surface area is 132 Å². The van der Waals surface area contributed by atoms with Crippen LogP contribution in [0.5, 0.6) is 5.75 Å². The number of hydrogen-bond acceptors (Lipinski definition) is 2. The lowest BCUT2D eigenvalue weighted by Gasteiger charge is -2.12. The Kier molecular flexibility index (Phi) is 4.28. The number of rotatable bonds is 4. The highest BCUT2D eigenvalue weighted by Crippen LogP contribution is 2.33. The van der Waals surface area contributed by atoms with Crippen LogP contribution in [0.4, 0.5) is 8.63 Å². The highest BCUT2D eigenvalue weighted by atomic mass is 19.2. The number of benzene rings is 2. The van der Waals surface area contributed by atoms with Gasteiger partial charge >= 0.3 is 7.47 Å². The third kappa shape index (κ3) is 3.34. The summed E-state index contributed by atoms with van der Waals surface area (Å²) in [5.74, 6) is -0.179. The summed E-state index contributed by atoms with van der Waals surface area (Å²) in [4.78, 5) is 0. The van der Waals surface area contributed by atoms with Crippen LogP contribution in [0, 0.1) is 0 Å². The Morgan fingerprint density at radius 2 is 1.78 bits per heavy atom. The van der Waals surface area contributed by atoms with Gasteiger partial charge in [0.05, 0.1) is 5.56 Å². The maximum atomic E-state index is 12.6. The molecule has 0 heterocycles. The first-order valence-electron chi connectivity index (χ1n) is 7.08. The van der Waals surface area contributed by atoms with E-state index in [-0.39, 0.29) is 17.1 Å². The monoisotopic (exact) mass is 310 g/mol. The van der Waals surface area contributed by atoms with E-state index >= 15 is 0 Å². The van der Waals surface area contributed by atoms with E-state index in [1.54, 1.807) is 24.3 Å². The molecular weight excluding hydrogens is 297 g/mol. The molecule has 0 unspecified atom stereocenters. The van der Waals surface area contributed by atoms with Gasteiger partial charge in [-0.25, -0.2) is 8.63 Å². The second kappa shape index (κ2) is 6.52. The van der Waals surface area contributed by atoms with Crippen molar-refractivity contribution in [3.8, 4) is 5.75 Å². The Balaban J connectivity index is 2.12. The van der Waals surface area contributed by atoms with Crippen molar-refractivity contribution in [1.82, 2.24) is 0 Å². The number of aliphatic hydroxyl groups is 1. The molecule has 0 fully saturated rings.